The van der Waals surface area contributed by atoms with Gasteiger partial charge in [-0.05, 0) is 73.9 Å². The Morgan fingerprint density at radius 3 is 2.33 bits per heavy atom. The molecule has 0 aromatic heterocycles. The third-order valence-electron chi connectivity index (χ3n) is 6.65. The Kier molecular flexibility index (Phi) is 6.38. The second-order valence-electron chi connectivity index (χ2n) is 8.94. The minimum Gasteiger partial charge on any atom is -0.508 e. The molecule has 1 unspecified atom stereocenters. The van der Waals surface area contributed by atoms with Crippen LogP contribution in [-0.4, -0.2) is 41.6 Å². The standard InChI is InChI=1S/C29H28N2O5/c1-2-36-24-10-6-8-20(18-24)27(33)25-26(19-7-5-9-23(32)17-19)31(29(35)28(25)34)22-13-11-21(12-14-22)30-15-3-4-16-30/h5-14,17-18,26,32-33H,2-4,15-16H2,1H3/b27-25+. The number of carbonyl (C=O) groups excluding carboxylic acids is 2. The number of amides is 1. The van der Waals surface area contributed by atoms with Crippen LogP contribution in [0, 0.1) is 0 Å². The maximum atomic E-state index is 13.4. The fourth-order valence-electron chi connectivity index (χ4n) is 4.96. The van der Waals surface area contributed by atoms with Crippen molar-refractivity contribution in [2.45, 2.75) is 25.8 Å². The Bertz CT molecular complexity index is 1330. The van der Waals surface area contributed by atoms with Crippen molar-refractivity contribution in [2.75, 3.05) is 29.5 Å². The molecule has 2 N–H and O–H groups in total. The fourth-order valence-corrected chi connectivity index (χ4v) is 4.96. The number of anilines is 2. The van der Waals surface area contributed by atoms with Crippen LogP contribution in [0.25, 0.3) is 5.76 Å². The molecular weight excluding hydrogens is 456 g/mol. The molecule has 2 heterocycles. The number of carbonyl (C=O) groups is 2. The van der Waals surface area contributed by atoms with Crippen molar-refractivity contribution in [1.82, 2.24) is 0 Å². The van der Waals surface area contributed by atoms with Crippen molar-refractivity contribution in [3.8, 4) is 11.5 Å². The second-order valence-corrected chi connectivity index (χ2v) is 8.94. The monoisotopic (exact) mass is 484 g/mol. The van der Waals surface area contributed by atoms with Crippen molar-refractivity contribution >= 4 is 28.8 Å². The van der Waals surface area contributed by atoms with Crippen molar-refractivity contribution in [2.24, 2.45) is 0 Å². The van der Waals surface area contributed by atoms with E-state index in [0.717, 1.165) is 31.6 Å². The Hall–Kier alpha value is -4.26. The van der Waals surface area contributed by atoms with E-state index < -0.39 is 17.7 Å². The summed E-state index contributed by atoms with van der Waals surface area (Å²) in [5, 5.41) is 21.5. The highest BCUT2D eigenvalue weighted by Gasteiger charge is 2.47. The number of hydrogen-bond donors (Lipinski definition) is 2. The molecule has 7 nitrogen and oxygen atoms in total. The molecule has 3 aromatic carbocycles. The molecule has 7 heteroatoms. The molecule has 0 aliphatic carbocycles. The van der Waals surface area contributed by atoms with Crippen molar-refractivity contribution in [3.63, 3.8) is 0 Å². The lowest BCUT2D eigenvalue weighted by molar-refractivity contribution is -0.132. The van der Waals surface area contributed by atoms with Gasteiger partial charge < -0.3 is 19.8 Å². The summed E-state index contributed by atoms with van der Waals surface area (Å²) < 4.78 is 5.55. The number of phenols is 1. The number of benzene rings is 3. The van der Waals surface area contributed by atoms with Crippen LogP contribution in [0.4, 0.5) is 11.4 Å². The zero-order valence-corrected chi connectivity index (χ0v) is 20.1. The molecule has 36 heavy (non-hydrogen) atoms. The van der Waals surface area contributed by atoms with E-state index in [-0.39, 0.29) is 17.1 Å². The Morgan fingerprint density at radius 1 is 0.944 bits per heavy atom. The number of ketones is 1. The number of aliphatic hydroxyl groups excluding tert-OH is 1. The third kappa shape index (κ3) is 4.28. The normalized spacial score (nSPS) is 19.2. The molecule has 0 radical (unpaired) electrons. The minimum absolute atomic E-state index is 0.000752. The molecule has 1 atom stereocenters. The lowest BCUT2D eigenvalue weighted by Gasteiger charge is -2.26. The molecule has 2 aliphatic heterocycles. The van der Waals surface area contributed by atoms with Crippen LogP contribution >= 0.6 is 0 Å². The average molecular weight is 485 g/mol. The molecule has 5 rings (SSSR count). The number of phenolic OH excluding ortho intramolecular Hbond substituents is 1. The number of aromatic hydroxyl groups is 1. The van der Waals surface area contributed by atoms with E-state index in [1.807, 2.05) is 31.2 Å². The SMILES string of the molecule is CCOc1cccc(/C(O)=C2\C(=O)C(=O)N(c3ccc(N4CCCC4)cc3)C2c2cccc(O)c2)c1. The maximum absolute atomic E-state index is 13.4. The van der Waals surface area contributed by atoms with Crippen LogP contribution < -0.4 is 14.5 Å². The molecule has 2 aliphatic rings. The van der Waals surface area contributed by atoms with Crippen LogP contribution in [0.15, 0.2) is 78.4 Å². The first-order chi connectivity index (χ1) is 17.5. The van der Waals surface area contributed by atoms with Crippen LogP contribution in [0.2, 0.25) is 0 Å². The van der Waals surface area contributed by atoms with Crippen LogP contribution in [0.5, 0.6) is 11.5 Å². The van der Waals surface area contributed by atoms with E-state index in [0.29, 0.717) is 29.2 Å². The summed E-state index contributed by atoms with van der Waals surface area (Å²) in [6.45, 7) is 4.29. The Morgan fingerprint density at radius 2 is 1.64 bits per heavy atom. The summed E-state index contributed by atoms with van der Waals surface area (Å²) >= 11 is 0. The highest BCUT2D eigenvalue weighted by molar-refractivity contribution is 6.51. The predicted molar refractivity (Wildman–Crippen MR) is 138 cm³/mol. The van der Waals surface area contributed by atoms with Gasteiger partial charge in [0.1, 0.15) is 17.3 Å². The number of ether oxygens (including phenoxy) is 1. The molecular formula is C29H28N2O5. The molecule has 2 fully saturated rings. The lowest BCUT2D eigenvalue weighted by Crippen LogP contribution is -2.29. The predicted octanol–water partition coefficient (Wildman–Crippen LogP) is 5.02. The summed E-state index contributed by atoms with van der Waals surface area (Å²) in [5.41, 5.74) is 2.45. The number of aliphatic hydroxyl groups is 1. The molecule has 2 saturated heterocycles. The molecule has 0 saturated carbocycles. The largest absolute Gasteiger partial charge is 0.508 e. The fraction of sp³-hybridized carbons (Fsp3) is 0.241. The Balaban J connectivity index is 1.62. The van der Waals surface area contributed by atoms with Gasteiger partial charge in [-0.15, -0.1) is 0 Å². The smallest absolute Gasteiger partial charge is 0.300 e. The molecule has 0 bridgehead atoms. The van der Waals surface area contributed by atoms with E-state index in [1.165, 1.54) is 17.0 Å². The number of hydrogen-bond acceptors (Lipinski definition) is 6. The summed E-state index contributed by atoms with van der Waals surface area (Å²) in [7, 11) is 0. The molecule has 184 valence electrons. The van der Waals surface area contributed by atoms with Crippen LogP contribution in [0.1, 0.15) is 36.9 Å². The van der Waals surface area contributed by atoms with Crippen molar-refractivity contribution in [3.05, 3.63) is 89.5 Å². The van der Waals surface area contributed by atoms with E-state index in [4.69, 9.17) is 4.74 Å². The Labute approximate surface area is 209 Å². The first-order valence-electron chi connectivity index (χ1n) is 12.2. The minimum atomic E-state index is -0.912. The average Bonchev–Trinajstić information content (AvgIpc) is 3.51. The van der Waals surface area contributed by atoms with Gasteiger partial charge in [0.2, 0.25) is 0 Å². The third-order valence-corrected chi connectivity index (χ3v) is 6.65. The molecule has 3 aromatic rings. The van der Waals surface area contributed by atoms with Crippen molar-refractivity contribution < 1.29 is 24.5 Å². The van der Waals surface area contributed by atoms with Gasteiger partial charge in [0, 0.05) is 30.0 Å². The van der Waals surface area contributed by atoms with Gasteiger partial charge in [-0.3, -0.25) is 14.5 Å². The zero-order valence-electron chi connectivity index (χ0n) is 20.1. The lowest BCUT2D eigenvalue weighted by atomic mass is 9.95. The van der Waals surface area contributed by atoms with Crippen LogP contribution in [0.3, 0.4) is 0 Å². The van der Waals surface area contributed by atoms with Gasteiger partial charge in [0.15, 0.2) is 0 Å². The maximum Gasteiger partial charge on any atom is 0.300 e. The van der Waals surface area contributed by atoms with Gasteiger partial charge in [-0.1, -0.05) is 24.3 Å². The quantitative estimate of drug-likeness (QED) is 0.290. The topological polar surface area (TPSA) is 90.3 Å². The van der Waals surface area contributed by atoms with Gasteiger partial charge in [-0.2, -0.15) is 0 Å². The molecule has 1 amide bonds. The summed E-state index contributed by atoms with van der Waals surface area (Å²) in [5.74, 6) is -1.27. The first-order valence-corrected chi connectivity index (χ1v) is 12.2. The number of rotatable bonds is 6. The van der Waals surface area contributed by atoms with E-state index in [1.54, 1.807) is 36.4 Å². The van der Waals surface area contributed by atoms with Gasteiger partial charge in [0.05, 0.1) is 18.2 Å². The summed E-state index contributed by atoms with van der Waals surface area (Å²) in [6, 6.07) is 19.8. The zero-order chi connectivity index (χ0) is 25.2. The highest BCUT2D eigenvalue weighted by atomic mass is 16.5. The van der Waals surface area contributed by atoms with E-state index in [9.17, 15) is 19.8 Å². The van der Waals surface area contributed by atoms with Crippen LogP contribution in [-0.2, 0) is 9.59 Å². The summed E-state index contributed by atoms with van der Waals surface area (Å²) in [6.07, 6.45) is 2.30. The van der Waals surface area contributed by atoms with Gasteiger partial charge in [0.25, 0.3) is 11.7 Å². The van der Waals surface area contributed by atoms with Gasteiger partial charge >= 0.3 is 0 Å². The first kappa shape index (κ1) is 23.5. The molecule has 0 spiro atoms. The van der Waals surface area contributed by atoms with Gasteiger partial charge in [-0.25, -0.2) is 0 Å². The van der Waals surface area contributed by atoms with Crippen molar-refractivity contribution in [1.29, 1.82) is 0 Å². The second kappa shape index (κ2) is 9.77. The number of Topliss-reactive ketones (excluding diaryl/α,β-unsaturated/α-hetero) is 1. The van der Waals surface area contributed by atoms with E-state index in [2.05, 4.69) is 4.90 Å². The number of nitrogens with zero attached hydrogens (tertiary/aromatic N) is 2. The van der Waals surface area contributed by atoms with E-state index >= 15 is 0 Å². The summed E-state index contributed by atoms with van der Waals surface area (Å²) in [4.78, 5) is 30.4. The highest BCUT2D eigenvalue weighted by Crippen LogP contribution is 2.43.